The SMILES string of the molecule is CC/C=C\C/C=C\C/C=C\C/C=C\CCCCCCCCCCC(=O)NC(COC1OC(CO)C(OC2OC(CO)C(OC3OC(CO)C(O)C(O)C3O)C(O)C2O)C(O)C1O)C(O)/C=C/CC/C=C/CCCCCCCCCCCCCCC. The first-order valence-electron chi connectivity index (χ1n) is 32.7. The van der Waals surface area contributed by atoms with Gasteiger partial charge in [0.1, 0.15) is 73.2 Å². The van der Waals surface area contributed by atoms with Crippen molar-refractivity contribution in [2.75, 3.05) is 26.4 Å². The van der Waals surface area contributed by atoms with Crippen molar-refractivity contribution in [1.82, 2.24) is 5.32 Å². The summed E-state index contributed by atoms with van der Waals surface area (Å²) in [6.07, 6.45) is 31.6. The van der Waals surface area contributed by atoms with E-state index in [2.05, 4.69) is 79.9 Å². The summed E-state index contributed by atoms with van der Waals surface area (Å²) >= 11 is 0. The molecule has 85 heavy (non-hydrogen) atoms. The third kappa shape index (κ3) is 31.0. The van der Waals surface area contributed by atoms with E-state index in [9.17, 15) is 61.0 Å². The largest absolute Gasteiger partial charge is 0.394 e. The highest BCUT2D eigenvalue weighted by molar-refractivity contribution is 5.76. The van der Waals surface area contributed by atoms with Crippen LogP contribution < -0.4 is 5.32 Å². The van der Waals surface area contributed by atoms with E-state index in [4.69, 9.17) is 28.4 Å². The monoisotopic (exact) mass is 1210 g/mol. The van der Waals surface area contributed by atoms with Crippen molar-refractivity contribution in [3.8, 4) is 0 Å². The number of hydrogen-bond acceptors (Lipinski definition) is 18. The first-order valence-corrected chi connectivity index (χ1v) is 32.7. The van der Waals surface area contributed by atoms with Crippen LogP contribution in [0.15, 0.2) is 72.9 Å². The zero-order valence-corrected chi connectivity index (χ0v) is 51.6. The first-order chi connectivity index (χ1) is 41.3. The lowest BCUT2D eigenvalue weighted by molar-refractivity contribution is -0.379. The summed E-state index contributed by atoms with van der Waals surface area (Å²) in [5.74, 6) is -0.296. The Morgan fingerprint density at radius 1 is 0.435 bits per heavy atom. The van der Waals surface area contributed by atoms with Crippen molar-refractivity contribution in [2.24, 2.45) is 0 Å². The van der Waals surface area contributed by atoms with Crippen LogP contribution in [0.2, 0.25) is 0 Å². The van der Waals surface area contributed by atoms with E-state index >= 15 is 0 Å². The number of hydrogen-bond donors (Lipinski definition) is 12. The second-order valence-corrected chi connectivity index (χ2v) is 23.2. The highest BCUT2D eigenvalue weighted by atomic mass is 16.8. The van der Waals surface area contributed by atoms with Crippen molar-refractivity contribution in [1.29, 1.82) is 0 Å². The Labute approximate surface area is 508 Å². The summed E-state index contributed by atoms with van der Waals surface area (Å²) in [6.45, 7) is 1.59. The number of aliphatic hydroxyl groups excluding tert-OH is 11. The molecule has 1 amide bonds. The van der Waals surface area contributed by atoms with Gasteiger partial charge in [-0.3, -0.25) is 4.79 Å². The molecule has 0 aromatic rings. The first kappa shape index (κ1) is 76.5. The molecule has 17 atom stereocenters. The molecule has 0 bridgehead atoms. The molecule has 19 heteroatoms. The summed E-state index contributed by atoms with van der Waals surface area (Å²) in [5, 5.41) is 120. The second kappa shape index (κ2) is 48.1. The molecule has 0 aromatic heterocycles. The summed E-state index contributed by atoms with van der Waals surface area (Å²) in [5.41, 5.74) is 0. The van der Waals surface area contributed by atoms with Crippen LogP contribution in [0.1, 0.15) is 206 Å². The molecule has 0 aromatic carbocycles. The number of amides is 1. The number of carbonyl (C=O) groups is 1. The highest BCUT2D eigenvalue weighted by Gasteiger charge is 2.53. The molecule has 3 rings (SSSR count). The minimum atomic E-state index is -1.98. The van der Waals surface area contributed by atoms with E-state index in [-0.39, 0.29) is 18.9 Å². The average molecular weight is 1210 g/mol. The van der Waals surface area contributed by atoms with Gasteiger partial charge in [0.05, 0.1) is 38.6 Å². The fourth-order valence-electron chi connectivity index (χ4n) is 10.7. The van der Waals surface area contributed by atoms with Gasteiger partial charge in [-0.25, -0.2) is 0 Å². The predicted octanol–water partition coefficient (Wildman–Crippen LogP) is 7.38. The topological polar surface area (TPSA) is 307 Å². The van der Waals surface area contributed by atoms with Crippen molar-refractivity contribution in [3.63, 3.8) is 0 Å². The number of unbranched alkanes of at least 4 members (excludes halogenated alkanes) is 22. The molecule has 3 aliphatic heterocycles. The minimum absolute atomic E-state index is 0.222. The van der Waals surface area contributed by atoms with Crippen LogP contribution in [-0.2, 0) is 33.2 Å². The molecule has 0 radical (unpaired) electrons. The number of carbonyl (C=O) groups excluding carboxylic acids is 1. The maximum Gasteiger partial charge on any atom is 0.220 e. The molecule has 12 N–H and O–H groups in total. The Kier molecular flexibility index (Phi) is 43.3. The molecule has 0 aliphatic carbocycles. The zero-order valence-electron chi connectivity index (χ0n) is 51.6. The normalized spacial score (nSPS) is 29.4. The Bertz CT molecular complexity index is 1830. The van der Waals surface area contributed by atoms with Crippen molar-refractivity contribution in [3.05, 3.63) is 72.9 Å². The Morgan fingerprint density at radius 3 is 1.32 bits per heavy atom. The average Bonchev–Trinajstić information content (AvgIpc) is 3.10. The standard InChI is InChI=1S/C66H115NO18/c1-3-5-7-9-11-13-15-17-19-21-23-24-26-28-30-32-34-36-38-40-42-44-54(72)67-49(50(71)43-41-39-37-35-33-31-29-27-25-22-20-18-16-14-12-10-8-6-4-2)48-80-64-60(78)57(75)62(52(46-69)82-64)85-66-61(79)58(76)63(53(47-70)83-66)84-65-59(77)56(74)55(73)51(45-68)81-65/h5,7,11,13,17,19,23-24,33,35,41,43,49-53,55-66,68-71,73-79H,3-4,6,8-10,12,14-16,18,20-22,25-32,34,36-40,42,44-48H2,1-2H3,(H,67,72)/b7-5-,13-11-,19-17-,24-23-,35-33+,43-41+. The van der Waals surface area contributed by atoms with Gasteiger partial charge in [0.25, 0.3) is 0 Å². The Morgan fingerprint density at radius 2 is 0.824 bits per heavy atom. The van der Waals surface area contributed by atoms with E-state index in [0.29, 0.717) is 12.8 Å². The van der Waals surface area contributed by atoms with E-state index in [1.54, 1.807) is 6.08 Å². The number of aliphatic hydroxyl groups is 11. The van der Waals surface area contributed by atoms with Crippen molar-refractivity contribution < 1.29 is 89.4 Å². The Hall–Kier alpha value is -2.77. The summed E-state index contributed by atoms with van der Waals surface area (Å²) in [7, 11) is 0. The van der Waals surface area contributed by atoms with Crippen LogP contribution in [0, 0.1) is 0 Å². The third-order valence-corrected chi connectivity index (χ3v) is 16.0. The zero-order chi connectivity index (χ0) is 61.9. The molecule has 3 saturated heterocycles. The third-order valence-electron chi connectivity index (χ3n) is 16.0. The molecule has 19 nitrogen and oxygen atoms in total. The number of ether oxygens (including phenoxy) is 6. The lowest BCUT2D eigenvalue weighted by Crippen LogP contribution is -2.66. The molecular weight excluding hydrogens is 1090 g/mol. The van der Waals surface area contributed by atoms with Crippen molar-refractivity contribution in [2.45, 2.75) is 311 Å². The predicted molar refractivity (Wildman–Crippen MR) is 328 cm³/mol. The maximum atomic E-state index is 13.4. The molecular formula is C66H115NO18. The molecule has 492 valence electrons. The molecule has 17 unspecified atom stereocenters. The van der Waals surface area contributed by atoms with Gasteiger partial charge in [0, 0.05) is 6.42 Å². The van der Waals surface area contributed by atoms with Gasteiger partial charge in [0.15, 0.2) is 18.9 Å². The number of nitrogens with one attached hydrogen (secondary N) is 1. The van der Waals surface area contributed by atoms with Crippen LogP contribution in [0.25, 0.3) is 0 Å². The summed E-state index contributed by atoms with van der Waals surface area (Å²) < 4.78 is 34.3. The fraction of sp³-hybridized carbons (Fsp3) is 0.803. The van der Waals surface area contributed by atoms with Gasteiger partial charge in [-0.1, -0.05) is 202 Å². The van der Waals surface area contributed by atoms with Crippen LogP contribution >= 0.6 is 0 Å². The summed E-state index contributed by atoms with van der Waals surface area (Å²) in [4.78, 5) is 13.4. The van der Waals surface area contributed by atoms with E-state index in [1.165, 1.54) is 96.3 Å². The van der Waals surface area contributed by atoms with Crippen LogP contribution in [0.5, 0.6) is 0 Å². The van der Waals surface area contributed by atoms with Crippen LogP contribution in [0.4, 0.5) is 0 Å². The quantitative estimate of drug-likeness (QED) is 0.0209. The Balaban J connectivity index is 1.49. The lowest BCUT2D eigenvalue weighted by Gasteiger charge is -2.48. The van der Waals surface area contributed by atoms with Crippen LogP contribution in [0.3, 0.4) is 0 Å². The highest BCUT2D eigenvalue weighted by Crippen LogP contribution is 2.33. The number of rotatable bonds is 48. The molecule has 0 saturated carbocycles. The molecule has 3 fully saturated rings. The van der Waals surface area contributed by atoms with E-state index in [1.807, 2.05) is 6.08 Å². The molecule has 0 spiro atoms. The maximum absolute atomic E-state index is 13.4. The lowest BCUT2D eigenvalue weighted by atomic mass is 9.96. The van der Waals surface area contributed by atoms with Gasteiger partial charge in [-0.05, 0) is 70.6 Å². The van der Waals surface area contributed by atoms with Gasteiger partial charge >= 0.3 is 0 Å². The van der Waals surface area contributed by atoms with Gasteiger partial charge in [-0.2, -0.15) is 0 Å². The van der Waals surface area contributed by atoms with E-state index < -0.39 is 124 Å². The summed E-state index contributed by atoms with van der Waals surface area (Å²) in [6, 6.07) is -0.998. The van der Waals surface area contributed by atoms with Gasteiger partial charge in [0.2, 0.25) is 5.91 Å². The number of allylic oxidation sites excluding steroid dienone is 11. The minimum Gasteiger partial charge on any atom is -0.394 e. The second-order valence-electron chi connectivity index (χ2n) is 23.2. The van der Waals surface area contributed by atoms with Gasteiger partial charge < -0.3 is 89.9 Å². The van der Waals surface area contributed by atoms with Crippen molar-refractivity contribution >= 4 is 5.91 Å². The molecule has 3 aliphatic rings. The molecule has 3 heterocycles. The van der Waals surface area contributed by atoms with Gasteiger partial charge in [-0.15, -0.1) is 0 Å². The van der Waals surface area contributed by atoms with Crippen LogP contribution in [-0.4, -0.2) is 193 Å². The van der Waals surface area contributed by atoms with E-state index in [0.717, 1.165) is 77.0 Å². The smallest absolute Gasteiger partial charge is 0.220 e. The fourth-order valence-corrected chi connectivity index (χ4v) is 10.7.